The van der Waals surface area contributed by atoms with Gasteiger partial charge in [0.15, 0.2) is 5.78 Å². The molecule has 1 unspecified atom stereocenters. The number of benzene rings is 1. The lowest BCUT2D eigenvalue weighted by Gasteiger charge is -2.35. The maximum atomic E-state index is 13.6. The molecular formula is C29H32FN5O3. The van der Waals surface area contributed by atoms with Crippen LogP contribution in [0.4, 0.5) is 21.6 Å². The number of para-hydroxylation sites is 1. The number of amides is 2. The number of carbonyl (C=O) groups is 3. The minimum Gasteiger partial charge on any atom is -0.356 e. The average Bonchev–Trinajstić information content (AvgIpc) is 3.53. The number of halogens is 1. The Kier molecular flexibility index (Phi) is 6.77. The second-order valence-electron chi connectivity index (χ2n) is 10.6. The number of hydrogen-bond donors (Lipinski definition) is 3. The zero-order valence-electron chi connectivity index (χ0n) is 21.8. The number of carbonyl (C=O) groups excluding carboxylic acids is 3. The van der Waals surface area contributed by atoms with Crippen molar-refractivity contribution in [3.63, 3.8) is 0 Å². The molecule has 0 spiro atoms. The van der Waals surface area contributed by atoms with E-state index in [0.717, 1.165) is 12.1 Å². The molecule has 2 aliphatic rings. The highest BCUT2D eigenvalue weighted by molar-refractivity contribution is 6.10. The first-order chi connectivity index (χ1) is 18.2. The molecule has 2 heterocycles. The van der Waals surface area contributed by atoms with Crippen LogP contribution < -0.4 is 10.6 Å². The van der Waals surface area contributed by atoms with Crippen LogP contribution in [0.25, 0.3) is 11.3 Å². The molecule has 0 radical (unpaired) electrons. The third kappa shape index (κ3) is 4.92. The number of rotatable bonds is 8. The number of hydrogen-bond acceptors (Lipinski definition) is 5. The largest absolute Gasteiger partial charge is 0.356 e. The molecule has 0 saturated heterocycles. The molecule has 1 aromatic carbocycles. The number of H-pyrrole nitrogens is 1. The molecule has 2 amide bonds. The van der Waals surface area contributed by atoms with Crippen molar-refractivity contribution in [2.45, 2.75) is 45.7 Å². The summed E-state index contributed by atoms with van der Waals surface area (Å²) in [5.74, 6) is -0.883. The highest BCUT2D eigenvalue weighted by Crippen LogP contribution is 2.44. The van der Waals surface area contributed by atoms with Gasteiger partial charge in [-0.2, -0.15) is 0 Å². The molecule has 2 aliphatic carbocycles. The van der Waals surface area contributed by atoms with Gasteiger partial charge in [0.05, 0.1) is 28.3 Å². The van der Waals surface area contributed by atoms with Crippen LogP contribution in [0.15, 0.2) is 48.7 Å². The smallest absolute Gasteiger partial charge is 0.231 e. The summed E-state index contributed by atoms with van der Waals surface area (Å²) in [5, 5.41) is 6.09. The van der Waals surface area contributed by atoms with E-state index in [4.69, 9.17) is 0 Å². The van der Waals surface area contributed by atoms with Crippen LogP contribution in [-0.4, -0.2) is 52.2 Å². The van der Waals surface area contributed by atoms with E-state index >= 15 is 0 Å². The summed E-state index contributed by atoms with van der Waals surface area (Å²) in [4.78, 5) is 48.6. The van der Waals surface area contributed by atoms with Crippen molar-refractivity contribution in [2.75, 3.05) is 24.2 Å². The van der Waals surface area contributed by atoms with E-state index in [1.54, 1.807) is 30.3 Å². The topological polar surface area (TPSA) is 107 Å². The van der Waals surface area contributed by atoms with Crippen molar-refractivity contribution >= 4 is 34.8 Å². The predicted octanol–water partition coefficient (Wildman–Crippen LogP) is 5.12. The number of ketones is 1. The lowest BCUT2D eigenvalue weighted by Crippen LogP contribution is -2.45. The van der Waals surface area contributed by atoms with Crippen molar-refractivity contribution in [2.24, 2.45) is 11.3 Å². The monoisotopic (exact) mass is 517 g/mol. The molecule has 0 aliphatic heterocycles. The Morgan fingerprint density at radius 3 is 2.63 bits per heavy atom. The zero-order valence-corrected chi connectivity index (χ0v) is 21.8. The van der Waals surface area contributed by atoms with E-state index in [1.807, 2.05) is 44.2 Å². The molecule has 1 fully saturated rings. The maximum Gasteiger partial charge on any atom is 0.231 e. The van der Waals surface area contributed by atoms with Gasteiger partial charge in [0, 0.05) is 49.6 Å². The molecule has 3 aromatic rings. The number of Topliss-reactive ketones (excluding diaryl/α,β-unsaturated/α-hetero) is 1. The number of alkyl halides is 1. The number of nitrogens with zero attached hydrogens (tertiary/aromatic N) is 2. The summed E-state index contributed by atoms with van der Waals surface area (Å²) >= 11 is 0. The van der Waals surface area contributed by atoms with E-state index in [-0.39, 0.29) is 24.5 Å². The third-order valence-electron chi connectivity index (χ3n) is 7.29. The zero-order chi connectivity index (χ0) is 27.0. The summed E-state index contributed by atoms with van der Waals surface area (Å²) in [7, 11) is 1.78. The first-order valence-electron chi connectivity index (χ1n) is 13.0. The lowest BCUT2D eigenvalue weighted by atomic mass is 9.73. The van der Waals surface area contributed by atoms with Crippen LogP contribution in [0.1, 0.15) is 49.2 Å². The molecule has 5 rings (SSSR count). The van der Waals surface area contributed by atoms with Gasteiger partial charge in [-0.3, -0.25) is 14.4 Å². The van der Waals surface area contributed by atoms with Gasteiger partial charge < -0.3 is 20.5 Å². The van der Waals surface area contributed by atoms with E-state index in [2.05, 4.69) is 20.6 Å². The van der Waals surface area contributed by atoms with Gasteiger partial charge >= 0.3 is 0 Å². The fraction of sp³-hybridized carbons (Fsp3) is 0.379. The Morgan fingerprint density at radius 2 is 1.95 bits per heavy atom. The first kappa shape index (κ1) is 25.6. The van der Waals surface area contributed by atoms with Crippen LogP contribution in [-0.2, 0) is 16.0 Å². The minimum atomic E-state index is -1.10. The van der Waals surface area contributed by atoms with Gasteiger partial charge in [0.1, 0.15) is 12.0 Å². The second kappa shape index (κ2) is 10.0. The minimum absolute atomic E-state index is 0.0489. The molecule has 3 N–H and O–H groups in total. The fourth-order valence-corrected chi connectivity index (χ4v) is 5.25. The molecule has 3 atom stereocenters. The number of aromatic amines is 1. The number of anilines is 3. The third-order valence-corrected chi connectivity index (χ3v) is 7.29. The van der Waals surface area contributed by atoms with E-state index in [0.29, 0.717) is 47.0 Å². The molecule has 0 bridgehead atoms. The van der Waals surface area contributed by atoms with E-state index < -0.39 is 23.4 Å². The van der Waals surface area contributed by atoms with Crippen LogP contribution in [0.5, 0.6) is 0 Å². The SMILES string of the molecule is CCCN(C)C(=O)C1(C)CC(=O)c2c([nH]c(-c3ccnc(NC(=O)[C@@H]4C[C@@H]4F)c3)c2Nc2ccccc2)C1. The van der Waals surface area contributed by atoms with Gasteiger partial charge in [-0.25, -0.2) is 9.37 Å². The average molecular weight is 518 g/mol. The van der Waals surface area contributed by atoms with Gasteiger partial charge in [-0.15, -0.1) is 0 Å². The molecular weight excluding hydrogens is 485 g/mol. The molecule has 9 heteroatoms. The van der Waals surface area contributed by atoms with Crippen LogP contribution in [0, 0.1) is 11.3 Å². The number of aromatic nitrogens is 2. The van der Waals surface area contributed by atoms with Gasteiger partial charge in [-0.05, 0) is 44.0 Å². The maximum absolute atomic E-state index is 13.6. The standard InChI is InChI=1S/C29H32FN5O3/c1-4-12-35(3)28(38)29(2)15-21-24(22(36)16-29)26(32-18-8-6-5-7-9-18)25(33-21)17-10-11-31-23(13-17)34-27(37)19-14-20(19)30/h5-11,13,19-20,32-33H,4,12,14-16H2,1-3H3,(H,31,34,37)/t19-,20+,29?/m1/s1. The molecule has 2 aromatic heterocycles. The summed E-state index contributed by atoms with van der Waals surface area (Å²) in [6.07, 6.45) is 2.02. The Bertz CT molecular complexity index is 1390. The van der Waals surface area contributed by atoms with Crippen LogP contribution in [0.3, 0.4) is 0 Å². The van der Waals surface area contributed by atoms with Crippen LogP contribution in [0.2, 0.25) is 0 Å². The summed E-state index contributed by atoms with van der Waals surface area (Å²) in [6, 6.07) is 13.0. The molecule has 38 heavy (non-hydrogen) atoms. The van der Waals surface area contributed by atoms with Gasteiger partial charge in [0.2, 0.25) is 11.8 Å². The molecule has 1 saturated carbocycles. The molecule has 198 valence electrons. The van der Waals surface area contributed by atoms with Gasteiger partial charge in [-0.1, -0.05) is 25.1 Å². The highest BCUT2D eigenvalue weighted by atomic mass is 19.1. The summed E-state index contributed by atoms with van der Waals surface area (Å²) < 4.78 is 13.4. The highest BCUT2D eigenvalue weighted by Gasteiger charge is 2.45. The van der Waals surface area contributed by atoms with Crippen molar-refractivity contribution in [1.82, 2.24) is 14.9 Å². The van der Waals surface area contributed by atoms with Crippen molar-refractivity contribution in [3.05, 3.63) is 59.9 Å². The number of nitrogens with one attached hydrogen (secondary N) is 3. The predicted molar refractivity (Wildman–Crippen MR) is 144 cm³/mol. The molecule has 8 nitrogen and oxygen atoms in total. The van der Waals surface area contributed by atoms with Crippen molar-refractivity contribution in [1.29, 1.82) is 0 Å². The quantitative estimate of drug-likeness (QED) is 0.385. The Labute approximate surface area is 221 Å². The first-order valence-corrected chi connectivity index (χ1v) is 13.0. The second-order valence-corrected chi connectivity index (χ2v) is 10.6. The van der Waals surface area contributed by atoms with E-state index in [1.165, 1.54) is 0 Å². The fourth-order valence-electron chi connectivity index (χ4n) is 5.25. The lowest BCUT2D eigenvalue weighted by molar-refractivity contribution is -0.140. The summed E-state index contributed by atoms with van der Waals surface area (Å²) in [5.41, 5.74) is 3.13. The van der Waals surface area contributed by atoms with Crippen LogP contribution >= 0.6 is 0 Å². The van der Waals surface area contributed by atoms with Gasteiger partial charge in [0.25, 0.3) is 0 Å². The Morgan fingerprint density at radius 1 is 1.21 bits per heavy atom. The Balaban J connectivity index is 1.54. The van der Waals surface area contributed by atoms with E-state index in [9.17, 15) is 18.8 Å². The number of fused-ring (bicyclic) bond motifs is 1. The normalized spacial score (nSPS) is 21.9. The number of pyridine rings is 1. The van der Waals surface area contributed by atoms with Crippen molar-refractivity contribution < 1.29 is 18.8 Å². The Hall–Kier alpha value is -4.01. The summed E-state index contributed by atoms with van der Waals surface area (Å²) in [6.45, 7) is 4.49. The van der Waals surface area contributed by atoms with Crippen molar-refractivity contribution in [3.8, 4) is 11.3 Å².